The predicted molar refractivity (Wildman–Crippen MR) is 118 cm³/mol. The Labute approximate surface area is 187 Å². The molecular weight excluding hydrogens is 432 g/mol. The van der Waals surface area contributed by atoms with Crippen LogP contribution in [0.1, 0.15) is 5.82 Å². The Morgan fingerprint density at radius 1 is 0.906 bits per heavy atom. The fourth-order valence-corrected chi connectivity index (χ4v) is 3.42. The van der Waals surface area contributed by atoms with E-state index in [1.54, 1.807) is 55.4 Å². The molecule has 0 unspecified atom stereocenters. The Balaban J connectivity index is 1.47. The lowest BCUT2D eigenvalue weighted by molar-refractivity contribution is 0.295. The zero-order chi connectivity index (χ0) is 22.1. The summed E-state index contributed by atoms with van der Waals surface area (Å²) in [6.45, 7) is 0.132. The minimum absolute atomic E-state index is 0.132. The van der Waals surface area contributed by atoms with Crippen molar-refractivity contribution in [2.45, 2.75) is 6.61 Å². The zero-order valence-corrected chi connectivity index (χ0v) is 17.9. The first-order valence-corrected chi connectivity index (χ1v) is 10.0. The second-order valence-corrected chi connectivity index (χ2v) is 7.24. The maximum atomic E-state index is 6.06. The van der Waals surface area contributed by atoms with Crippen molar-refractivity contribution in [3.8, 4) is 28.5 Å². The average Bonchev–Trinajstić information content (AvgIpc) is 3.24. The van der Waals surface area contributed by atoms with E-state index in [1.807, 2.05) is 18.2 Å². The summed E-state index contributed by atoms with van der Waals surface area (Å²) in [5.74, 6) is 2.69. The summed E-state index contributed by atoms with van der Waals surface area (Å²) in [6, 6.07) is 12.8. The zero-order valence-electron chi connectivity index (χ0n) is 17.2. The molecular formula is C22H17ClN6O3. The third kappa shape index (κ3) is 3.63. The fraction of sp³-hybridized carbons (Fsp3) is 0.136. The lowest BCUT2D eigenvalue weighted by atomic mass is 10.2. The second-order valence-electron chi connectivity index (χ2n) is 6.80. The summed E-state index contributed by atoms with van der Waals surface area (Å²) in [6.07, 6.45) is 3.32. The van der Waals surface area contributed by atoms with E-state index < -0.39 is 0 Å². The summed E-state index contributed by atoms with van der Waals surface area (Å²) < 4.78 is 18.4. The number of aromatic nitrogens is 6. The quantitative estimate of drug-likeness (QED) is 0.384. The lowest BCUT2D eigenvalue weighted by Crippen LogP contribution is -2.06. The van der Waals surface area contributed by atoms with Crippen LogP contribution in [0, 0.1) is 0 Å². The highest BCUT2D eigenvalue weighted by Gasteiger charge is 2.14. The molecule has 0 bridgehead atoms. The van der Waals surface area contributed by atoms with Gasteiger partial charge < -0.3 is 14.2 Å². The molecule has 3 aromatic heterocycles. The smallest absolute Gasteiger partial charge is 0.272 e. The van der Waals surface area contributed by atoms with Crippen molar-refractivity contribution in [2.24, 2.45) is 0 Å². The molecule has 0 aliphatic rings. The number of nitrogens with zero attached hydrogens (tertiary/aromatic N) is 6. The molecule has 2 aromatic carbocycles. The molecule has 10 heteroatoms. The van der Waals surface area contributed by atoms with Crippen LogP contribution in [0.5, 0.6) is 17.2 Å². The standard InChI is InChI=1S/C22H17ClN6O3/c1-30-19-9-15-16(10-20(19)31-2)24-8-7-18(15)32-12-21-26-27-22-25-11-17(28-29(21)22)13-3-5-14(23)6-4-13/h3-11H,12H2,1-2H3. The highest BCUT2D eigenvalue weighted by Crippen LogP contribution is 2.35. The SMILES string of the molecule is COc1cc2nccc(OCc3nnc4ncc(-c5ccc(Cl)cc5)nn34)c2cc1OC. The van der Waals surface area contributed by atoms with Gasteiger partial charge in [0.15, 0.2) is 17.3 Å². The van der Waals surface area contributed by atoms with Gasteiger partial charge in [-0.25, -0.2) is 4.98 Å². The molecule has 0 aliphatic heterocycles. The van der Waals surface area contributed by atoms with E-state index >= 15 is 0 Å². The van der Waals surface area contributed by atoms with Gasteiger partial charge in [0.2, 0.25) is 0 Å². The largest absolute Gasteiger partial charge is 0.493 e. The van der Waals surface area contributed by atoms with Gasteiger partial charge >= 0.3 is 0 Å². The summed E-state index contributed by atoms with van der Waals surface area (Å²) >= 11 is 5.98. The predicted octanol–water partition coefficient (Wildman–Crippen LogP) is 3.98. The molecule has 0 radical (unpaired) electrons. The van der Waals surface area contributed by atoms with E-state index in [0.29, 0.717) is 39.6 Å². The van der Waals surface area contributed by atoms with Crippen LogP contribution in [-0.2, 0) is 6.61 Å². The summed E-state index contributed by atoms with van der Waals surface area (Å²) in [5.41, 5.74) is 2.27. The van der Waals surface area contributed by atoms with Crippen LogP contribution in [0.3, 0.4) is 0 Å². The van der Waals surface area contributed by atoms with Crippen LogP contribution in [0.25, 0.3) is 27.9 Å². The van der Waals surface area contributed by atoms with Crippen molar-refractivity contribution in [2.75, 3.05) is 14.2 Å². The first kappa shape index (κ1) is 20.0. The third-order valence-corrected chi connectivity index (χ3v) is 5.15. The van der Waals surface area contributed by atoms with Gasteiger partial charge in [-0.15, -0.1) is 10.2 Å². The number of hydrogen-bond acceptors (Lipinski definition) is 8. The van der Waals surface area contributed by atoms with E-state index in [9.17, 15) is 0 Å². The Bertz CT molecular complexity index is 1420. The number of halogens is 1. The van der Waals surface area contributed by atoms with Crippen molar-refractivity contribution in [1.29, 1.82) is 0 Å². The van der Waals surface area contributed by atoms with Crippen LogP contribution >= 0.6 is 11.6 Å². The molecule has 5 aromatic rings. The van der Waals surface area contributed by atoms with Gasteiger partial charge in [0, 0.05) is 28.2 Å². The minimum Gasteiger partial charge on any atom is -0.493 e. The molecule has 32 heavy (non-hydrogen) atoms. The molecule has 0 atom stereocenters. The average molecular weight is 449 g/mol. The topological polar surface area (TPSA) is 96.6 Å². The molecule has 3 heterocycles. The van der Waals surface area contributed by atoms with Gasteiger partial charge in [0.1, 0.15) is 18.1 Å². The first-order chi connectivity index (χ1) is 15.7. The van der Waals surface area contributed by atoms with Crippen molar-refractivity contribution >= 4 is 28.3 Å². The summed E-state index contributed by atoms with van der Waals surface area (Å²) in [5, 5.41) is 14.3. The second kappa shape index (κ2) is 8.27. The van der Waals surface area contributed by atoms with E-state index in [2.05, 4.69) is 25.3 Å². The summed E-state index contributed by atoms with van der Waals surface area (Å²) in [4.78, 5) is 8.74. The third-order valence-electron chi connectivity index (χ3n) is 4.90. The Kier molecular flexibility index (Phi) is 5.16. The van der Waals surface area contributed by atoms with Crippen LogP contribution in [0.4, 0.5) is 0 Å². The molecule has 0 aliphatic carbocycles. The molecule has 0 amide bonds. The number of methoxy groups -OCH3 is 2. The molecule has 0 spiro atoms. The van der Waals surface area contributed by atoms with Crippen LogP contribution in [0.2, 0.25) is 5.02 Å². The maximum Gasteiger partial charge on any atom is 0.272 e. The highest BCUT2D eigenvalue weighted by molar-refractivity contribution is 6.30. The minimum atomic E-state index is 0.132. The fourth-order valence-electron chi connectivity index (χ4n) is 3.30. The van der Waals surface area contributed by atoms with E-state index in [1.165, 1.54) is 0 Å². The molecule has 0 saturated heterocycles. The normalized spacial score (nSPS) is 11.1. The van der Waals surface area contributed by atoms with Gasteiger partial charge in [-0.3, -0.25) is 4.98 Å². The Hall–Kier alpha value is -3.98. The van der Waals surface area contributed by atoms with E-state index in [0.717, 1.165) is 16.5 Å². The molecule has 160 valence electrons. The van der Waals surface area contributed by atoms with E-state index in [4.69, 9.17) is 25.8 Å². The van der Waals surface area contributed by atoms with Crippen LogP contribution < -0.4 is 14.2 Å². The number of hydrogen-bond donors (Lipinski definition) is 0. The molecule has 0 saturated carbocycles. The summed E-state index contributed by atoms with van der Waals surface area (Å²) in [7, 11) is 3.17. The van der Waals surface area contributed by atoms with Gasteiger partial charge in [-0.05, 0) is 24.3 Å². The van der Waals surface area contributed by atoms with Crippen molar-refractivity contribution in [1.82, 2.24) is 29.8 Å². The van der Waals surface area contributed by atoms with Gasteiger partial charge in [-0.1, -0.05) is 23.7 Å². The van der Waals surface area contributed by atoms with Crippen molar-refractivity contribution in [3.63, 3.8) is 0 Å². The van der Waals surface area contributed by atoms with Gasteiger partial charge in [0.05, 0.1) is 25.9 Å². The number of pyridine rings is 1. The molecule has 0 fully saturated rings. The van der Waals surface area contributed by atoms with Crippen molar-refractivity contribution in [3.05, 3.63) is 65.7 Å². The Morgan fingerprint density at radius 3 is 2.47 bits per heavy atom. The van der Waals surface area contributed by atoms with Gasteiger partial charge in [-0.2, -0.15) is 9.61 Å². The number of rotatable bonds is 6. The molecule has 9 nitrogen and oxygen atoms in total. The molecule has 5 rings (SSSR count). The van der Waals surface area contributed by atoms with Crippen LogP contribution in [0.15, 0.2) is 54.9 Å². The number of benzene rings is 2. The highest BCUT2D eigenvalue weighted by atomic mass is 35.5. The Morgan fingerprint density at radius 2 is 1.69 bits per heavy atom. The lowest BCUT2D eigenvalue weighted by Gasteiger charge is -2.12. The monoisotopic (exact) mass is 448 g/mol. The van der Waals surface area contributed by atoms with Gasteiger partial charge in [0.25, 0.3) is 5.78 Å². The van der Waals surface area contributed by atoms with Crippen LogP contribution in [-0.4, -0.2) is 44.0 Å². The molecule has 0 N–H and O–H groups in total. The first-order valence-electron chi connectivity index (χ1n) is 9.63. The number of fused-ring (bicyclic) bond motifs is 2. The maximum absolute atomic E-state index is 6.06. The van der Waals surface area contributed by atoms with E-state index in [-0.39, 0.29) is 6.61 Å². The van der Waals surface area contributed by atoms with Crippen molar-refractivity contribution < 1.29 is 14.2 Å². The number of ether oxygens (including phenoxy) is 3.